The maximum atomic E-state index is 14.1. The first-order valence-electron chi connectivity index (χ1n) is 8.18. The van der Waals surface area contributed by atoms with E-state index in [9.17, 15) is 17.6 Å². The van der Waals surface area contributed by atoms with E-state index in [1.165, 1.54) is 19.2 Å². The Labute approximate surface area is 153 Å². The Morgan fingerprint density at radius 1 is 1.12 bits per heavy atom. The average Bonchev–Trinajstić information content (AvgIpc) is 2.53. The number of methoxy groups -OCH3 is 1. The molecule has 0 saturated heterocycles. The van der Waals surface area contributed by atoms with Crippen LogP contribution < -0.4 is 9.04 Å². The minimum Gasteiger partial charge on any atom is -0.494 e. The number of rotatable bonds is 6. The topological polar surface area (TPSA) is 63.7 Å². The largest absolute Gasteiger partial charge is 0.494 e. The molecule has 0 aliphatic heterocycles. The van der Waals surface area contributed by atoms with E-state index in [4.69, 9.17) is 4.74 Å². The summed E-state index contributed by atoms with van der Waals surface area (Å²) in [5.41, 5.74) is 1.85. The fourth-order valence-corrected chi connectivity index (χ4v) is 4.24. The molecule has 0 aromatic heterocycles. The van der Waals surface area contributed by atoms with Crippen LogP contribution in [0.2, 0.25) is 0 Å². The highest BCUT2D eigenvalue weighted by atomic mass is 32.2. The Balaban J connectivity index is 2.61. The Kier molecular flexibility index (Phi) is 6.02. The Bertz CT molecular complexity index is 905. The number of nitrogens with zero attached hydrogens (tertiary/aromatic N) is 1. The van der Waals surface area contributed by atoms with Gasteiger partial charge in [0, 0.05) is 11.6 Å². The molecule has 0 aliphatic carbocycles. The molecule has 7 heteroatoms. The molecule has 0 radical (unpaired) electrons. The van der Waals surface area contributed by atoms with Crippen molar-refractivity contribution < 1.29 is 22.3 Å². The SMILES string of the molecule is CCCS(=O)(=O)N(C(=O)c1cc(C)cc(C)c1)c1ccc(OC)c(F)c1. The van der Waals surface area contributed by atoms with E-state index < -0.39 is 21.7 Å². The molecule has 26 heavy (non-hydrogen) atoms. The lowest BCUT2D eigenvalue weighted by molar-refractivity contribution is 0.100. The van der Waals surface area contributed by atoms with Crippen molar-refractivity contribution in [3.8, 4) is 5.75 Å². The smallest absolute Gasteiger partial charge is 0.272 e. The fraction of sp³-hybridized carbons (Fsp3) is 0.316. The van der Waals surface area contributed by atoms with Gasteiger partial charge in [0.05, 0.1) is 18.6 Å². The Morgan fingerprint density at radius 3 is 2.23 bits per heavy atom. The number of amides is 1. The lowest BCUT2D eigenvalue weighted by Gasteiger charge is -2.23. The molecule has 2 rings (SSSR count). The van der Waals surface area contributed by atoms with Crippen molar-refractivity contribution in [1.29, 1.82) is 0 Å². The zero-order valence-corrected chi connectivity index (χ0v) is 16.1. The van der Waals surface area contributed by atoms with Crippen LogP contribution in [0.1, 0.15) is 34.8 Å². The first-order valence-corrected chi connectivity index (χ1v) is 9.79. The lowest BCUT2D eigenvalue weighted by Crippen LogP contribution is -2.38. The van der Waals surface area contributed by atoms with Gasteiger partial charge in [-0.15, -0.1) is 0 Å². The zero-order valence-electron chi connectivity index (χ0n) is 15.2. The van der Waals surface area contributed by atoms with Crippen LogP contribution in [-0.4, -0.2) is 27.2 Å². The van der Waals surface area contributed by atoms with Crippen molar-refractivity contribution in [2.45, 2.75) is 27.2 Å². The van der Waals surface area contributed by atoms with Gasteiger partial charge < -0.3 is 4.74 Å². The second-order valence-corrected chi connectivity index (χ2v) is 8.02. The second kappa shape index (κ2) is 7.86. The van der Waals surface area contributed by atoms with Gasteiger partial charge in [0.25, 0.3) is 5.91 Å². The minimum atomic E-state index is -3.96. The summed E-state index contributed by atoms with van der Waals surface area (Å²) in [6.45, 7) is 5.34. The molecular weight excluding hydrogens is 357 g/mol. The first-order chi connectivity index (χ1) is 12.2. The predicted molar refractivity (Wildman–Crippen MR) is 99.8 cm³/mol. The maximum Gasteiger partial charge on any atom is 0.272 e. The number of aryl methyl sites for hydroxylation is 2. The van der Waals surface area contributed by atoms with E-state index in [1.54, 1.807) is 19.1 Å². The van der Waals surface area contributed by atoms with Crippen LogP contribution in [0.5, 0.6) is 5.75 Å². The quantitative estimate of drug-likeness (QED) is 0.765. The molecule has 0 aliphatic rings. The van der Waals surface area contributed by atoms with Crippen LogP contribution in [0, 0.1) is 19.7 Å². The first kappa shape index (κ1) is 19.9. The van der Waals surface area contributed by atoms with Gasteiger partial charge in [0.2, 0.25) is 10.0 Å². The van der Waals surface area contributed by atoms with Gasteiger partial charge in [-0.25, -0.2) is 17.1 Å². The van der Waals surface area contributed by atoms with Crippen LogP contribution in [0.3, 0.4) is 0 Å². The molecule has 0 atom stereocenters. The number of sulfonamides is 1. The van der Waals surface area contributed by atoms with E-state index in [-0.39, 0.29) is 22.8 Å². The average molecular weight is 379 g/mol. The van der Waals surface area contributed by atoms with Crippen LogP contribution in [-0.2, 0) is 10.0 Å². The molecule has 0 saturated carbocycles. The second-order valence-electron chi connectivity index (χ2n) is 6.08. The number of carbonyl (C=O) groups is 1. The van der Waals surface area contributed by atoms with Crippen molar-refractivity contribution >= 4 is 21.6 Å². The number of hydrogen-bond acceptors (Lipinski definition) is 4. The number of carbonyl (C=O) groups excluding carboxylic acids is 1. The minimum absolute atomic E-state index is 0.0274. The summed E-state index contributed by atoms with van der Waals surface area (Å²) in [5.74, 6) is -1.71. The highest BCUT2D eigenvalue weighted by Crippen LogP contribution is 2.27. The van der Waals surface area contributed by atoms with Crippen molar-refractivity contribution in [3.63, 3.8) is 0 Å². The summed E-state index contributed by atoms with van der Waals surface area (Å²) in [4.78, 5) is 13.0. The summed E-state index contributed by atoms with van der Waals surface area (Å²) in [7, 11) is -2.65. The van der Waals surface area contributed by atoms with E-state index in [1.807, 2.05) is 19.9 Å². The summed E-state index contributed by atoms with van der Waals surface area (Å²) in [6.07, 6.45) is 0.331. The molecule has 5 nitrogen and oxygen atoms in total. The van der Waals surface area contributed by atoms with E-state index in [2.05, 4.69) is 0 Å². The normalized spacial score (nSPS) is 11.3. The molecule has 1 amide bonds. The standard InChI is InChI=1S/C19H22FNO4S/c1-5-8-26(23,24)21(16-6-7-18(25-4)17(20)12-16)19(22)15-10-13(2)9-14(3)11-15/h6-7,9-12H,5,8H2,1-4H3. The zero-order chi connectivity index (χ0) is 19.5. The summed E-state index contributed by atoms with van der Waals surface area (Å²) >= 11 is 0. The third-order valence-electron chi connectivity index (χ3n) is 3.76. The van der Waals surface area contributed by atoms with Gasteiger partial charge in [-0.2, -0.15) is 0 Å². The molecule has 2 aromatic rings. The molecule has 2 aromatic carbocycles. The predicted octanol–water partition coefficient (Wildman–Crippen LogP) is 3.84. The molecule has 0 bridgehead atoms. The van der Waals surface area contributed by atoms with E-state index in [0.29, 0.717) is 10.7 Å². The van der Waals surface area contributed by atoms with Crippen molar-refractivity contribution in [1.82, 2.24) is 0 Å². The van der Waals surface area contributed by atoms with Crippen molar-refractivity contribution in [2.24, 2.45) is 0 Å². The molecule has 140 valence electrons. The summed E-state index contributed by atoms with van der Waals surface area (Å²) in [6, 6.07) is 8.76. The Morgan fingerprint density at radius 2 is 1.73 bits per heavy atom. The third-order valence-corrected chi connectivity index (χ3v) is 5.62. The van der Waals surface area contributed by atoms with Crippen molar-refractivity contribution in [3.05, 3.63) is 58.9 Å². The number of anilines is 1. The molecular formula is C19H22FNO4S. The van der Waals surface area contributed by atoms with E-state index >= 15 is 0 Å². The number of benzene rings is 2. The van der Waals surface area contributed by atoms with Gasteiger partial charge in [-0.3, -0.25) is 4.79 Å². The van der Waals surface area contributed by atoms with E-state index in [0.717, 1.165) is 17.2 Å². The number of hydrogen-bond donors (Lipinski definition) is 0. The summed E-state index contributed by atoms with van der Waals surface area (Å²) < 4.78 is 45.1. The lowest BCUT2D eigenvalue weighted by atomic mass is 10.1. The molecule has 0 unspecified atom stereocenters. The van der Waals surface area contributed by atoms with Gasteiger partial charge in [0.1, 0.15) is 0 Å². The van der Waals surface area contributed by atoms with Gasteiger partial charge >= 0.3 is 0 Å². The van der Waals surface area contributed by atoms with Gasteiger partial charge in [-0.05, 0) is 44.5 Å². The number of ether oxygens (including phenoxy) is 1. The molecule has 0 heterocycles. The van der Waals surface area contributed by atoms with Crippen LogP contribution in [0.4, 0.5) is 10.1 Å². The van der Waals surface area contributed by atoms with Gasteiger partial charge in [0.15, 0.2) is 11.6 Å². The highest BCUT2D eigenvalue weighted by Gasteiger charge is 2.30. The highest BCUT2D eigenvalue weighted by molar-refractivity contribution is 7.93. The van der Waals surface area contributed by atoms with Gasteiger partial charge in [-0.1, -0.05) is 24.1 Å². The Hall–Kier alpha value is -2.41. The van der Waals surface area contributed by atoms with Crippen LogP contribution >= 0.6 is 0 Å². The fourth-order valence-electron chi connectivity index (χ4n) is 2.75. The molecule has 0 fully saturated rings. The number of halogens is 1. The van der Waals surface area contributed by atoms with Crippen LogP contribution in [0.25, 0.3) is 0 Å². The van der Waals surface area contributed by atoms with Crippen LogP contribution in [0.15, 0.2) is 36.4 Å². The third kappa shape index (κ3) is 4.22. The van der Waals surface area contributed by atoms with Crippen molar-refractivity contribution in [2.75, 3.05) is 17.2 Å². The summed E-state index contributed by atoms with van der Waals surface area (Å²) in [5, 5.41) is 0. The monoisotopic (exact) mass is 379 g/mol. The maximum absolute atomic E-state index is 14.1. The molecule has 0 spiro atoms. The molecule has 0 N–H and O–H groups in total.